The number of rotatable bonds is 3. The van der Waals surface area contributed by atoms with Crippen LogP contribution in [0.15, 0.2) is 29.8 Å². The van der Waals surface area contributed by atoms with Gasteiger partial charge in [-0.2, -0.15) is 0 Å². The highest BCUT2D eigenvalue weighted by atomic mass is 16.2. The standard InChI is InChI=1S/C16H17N3O3/c1-18(2)11-5-3-10(4-6-11)9-13-14(20)17-16(22)19(15(13)21)12-7-8-12/h3-6,9,12H,7-8H2,1-2H3,(H,17,20,22)/b13-9-. The molecule has 6 heteroatoms. The van der Waals surface area contributed by atoms with Crippen molar-refractivity contribution < 1.29 is 14.4 Å². The van der Waals surface area contributed by atoms with E-state index in [0.29, 0.717) is 0 Å². The molecule has 1 aromatic carbocycles. The van der Waals surface area contributed by atoms with E-state index >= 15 is 0 Å². The van der Waals surface area contributed by atoms with Crippen LogP contribution in [0.4, 0.5) is 10.5 Å². The van der Waals surface area contributed by atoms with Gasteiger partial charge in [-0.1, -0.05) is 12.1 Å². The predicted octanol–water partition coefficient (Wildman–Crippen LogP) is 1.38. The third-order valence-corrected chi connectivity index (χ3v) is 3.77. The largest absolute Gasteiger partial charge is 0.378 e. The molecule has 0 radical (unpaired) electrons. The molecule has 1 N–H and O–H groups in total. The fourth-order valence-electron chi connectivity index (χ4n) is 2.37. The smallest absolute Gasteiger partial charge is 0.331 e. The molecule has 6 nitrogen and oxygen atoms in total. The first-order valence-electron chi connectivity index (χ1n) is 7.15. The van der Waals surface area contributed by atoms with Crippen LogP contribution in [0.1, 0.15) is 18.4 Å². The molecule has 2 aliphatic rings. The summed E-state index contributed by atoms with van der Waals surface area (Å²) in [6, 6.07) is 6.79. The van der Waals surface area contributed by atoms with E-state index in [1.54, 1.807) is 0 Å². The van der Waals surface area contributed by atoms with Crippen LogP contribution in [0, 0.1) is 0 Å². The van der Waals surface area contributed by atoms with E-state index in [2.05, 4.69) is 5.32 Å². The number of benzene rings is 1. The highest BCUT2D eigenvalue weighted by Gasteiger charge is 2.43. The van der Waals surface area contributed by atoms with E-state index in [1.807, 2.05) is 43.3 Å². The summed E-state index contributed by atoms with van der Waals surface area (Å²) in [5.41, 5.74) is 1.77. The highest BCUT2D eigenvalue weighted by molar-refractivity contribution is 6.31. The van der Waals surface area contributed by atoms with E-state index in [4.69, 9.17) is 0 Å². The number of carbonyl (C=O) groups excluding carboxylic acids is 3. The van der Waals surface area contributed by atoms with Crippen LogP contribution in [0.5, 0.6) is 0 Å². The fraction of sp³-hybridized carbons (Fsp3) is 0.312. The molecule has 22 heavy (non-hydrogen) atoms. The van der Waals surface area contributed by atoms with E-state index < -0.39 is 17.8 Å². The van der Waals surface area contributed by atoms with Gasteiger partial charge in [-0.15, -0.1) is 0 Å². The lowest BCUT2D eigenvalue weighted by molar-refractivity contribution is -0.130. The first kappa shape index (κ1) is 14.3. The minimum absolute atomic E-state index is 0.00380. The van der Waals surface area contributed by atoms with Crippen molar-refractivity contribution in [1.29, 1.82) is 0 Å². The zero-order valence-electron chi connectivity index (χ0n) is 12.5. The predicted molar refractivity (Wildman–Crippen MR) is 82.2 cm³/mol. The van der Waals surface area contributed by atoms with E-state index in [0.717, 1.165) is 29.0 Å². The number of carbonyl (C=O) groups is 3. The Bertz CT molecular complexity index is 672. The van der Waals surface area contributed by atoms with Gasteiger partial charge in [0, 0.05) is 25.8 Å². The minimum Gasteiger partial charge on any atom is -0.378 e. The van der Waals surface area contributed by atoms with Gasteiger partial charge < -0.3 is 4.90 Å². The van der Waals surface area contributed by atoms with Crippen LogP contribution >= 0.6 is 0 Å². The van der Waals surface area contributed by atoms with Gasteiger partial charge in [0.2, 0.25) is 0 Å². The van der Waals surface area contributed by atoms with Crippen molar-refractivity contribution in [3.05, 3.63) is 35.4 Å². The molecule has 3 rings (SSSR count). The molecule has 1 aromatic rings. The van der Waals surface area contributed by atoms with Crippen molar-refractivity contribution >= 4 is 29.6 Å². The van der Waals surface area contributed by atoms with Gasteiger partial charge in [0.15, 0.2) is 0 Å². The van der Waals surface area contributed by atoms with Crippen LogP contribution in [0.2, 0.25) is 0 Å². The van der Waals surface area contributed by atoms with Crippen LogP contribution in [-0.2, 0) is 9.59 Å². The summed E-state index contributed by atoms with van der Waals surface area (Å²) < 4.78 is 0. The Morgan fingerprint density at radius 1 is 1.14 bits per heavy atom. The second kappa shape index (κ2) is 5.29. The molecule has 1 saturated heterocycles. The molecule has 0 aromatic heterocycles. The van der Waals surface area contributed by atoms with Crippen LogP contribution in [-0.4, -0.2) is 42.9 Å². The number of nitrogens with zero attached hydrogens (tertiary/aromatic N) is 2. The molecule has 0 spiro atoms. The number of urea groups is 1. The van der Waals surface area contributed by atoms with E-state index in [-0.39, 0.29) is 11.6 Å². The number of anilines is 1. The molecule has 4 amide bonds. The quantitative estimate of drug-likeness (QED) is 0.676. The Labute approximate surface area is 128 Å². The third-order valence-electron chi connectivity index (χ3n) is 3.77. The minimum atomic E-state index is -0.636. The molecule has 0 unspecified atom stereocenters. The average molecular weight is 299 g/mol. The summed E-state index contributed by atoms with van der Waals surface area (Å²) in [6.45, 7) is 0. The second-order valence-corrected chi connectivity index (χ2v) is 5.71. The zero-order chi connectivity index (χ0) is 15.9. The third kappa shape index (κ3) is 2.59. The second-order valence-electron chi connectivity index (χ2n) is 5.71. The van der Waals surface area contributed by atoms with Crippen molar-refractivity contribution in [3.8, 4) is 0 Å². The van der Waals surface area contributed by atoms with Crippen molar-refractivity contribution in [2.24, 2.45) is 0 Å². The summed E-state index contributed by atoms with van der Waals surface area (Å²) in [6.07, 6.45) is 3.13. The average Bonchev–Trinajstić information content (AvgIpc) is 3.28. The highest BCUT2D eigenvalue weighted by Crippen LogP contribution is 2.30. The zero-order valence-corrected chi connectivity index (χ0v) is 12.5. The number of hydrogen-bond acceptors (Lipinski definition) is 4. The maximum atomic E-state index is 12.4. The van der Waals surface area contributed by atoms with Gasteiger partial charge in [-0.05, 0) is 36.6 Å². The van der Waals surface area contributed by atoms with Gasteiger partial charge in [0.1, 0.15) is 5.57 Å². The maximum absolute atomic E-state index is 12.4. The normalized spacial score (nSPS) is 20.4. The van der Waals surface area contributed by atoms with Gasteiger partial charge in [0.05, 0.1) is 0 Å². The van der Waals surface area contributed by atoms with Gasteiger partial charge in [-0.3, -0.25) is 19.8 Å². The van der Waals surface area contributed by atoms with Gasteiger partial charge >= 0.3 is 6.03 Å². The molecule has 1 heterocycles. The topological polar surface area (TPSA) is 69.7 Å². The maximum Gasteiger partial charge on any atom is 0.331 e. The Hall–Kier alpha value is -2.63. The molecule has 1 saturated carbocycles. The monoisotopic (exact) mass is 299 g/mol. The van der Waals surface area contributed by atoms with Crippen molar-refractivity contribution in [2.45, 2.75) is 18.9 Å². The molecular weight excluding hydrogens is 282 g/mol. The Kier molecular flexibility index (Phi) is 3.44. The van der Waals surface area contributed by atoms with Gasteiger partial charge in [0.25, 0.3) is 11.8 Å². The number of hydrogen-bond donors (Lipinski definition) is 1. The van der Waals surface area contributed by atoms with Crippen molar-refractivity contribution in [2.75, 3.05) is 19.0 Å². The summed E-state index contributed by atoms with van der Waals surface area (Å²) in [7, 11) is 3.87. The van der Waals surface area contributed by atoms with Crippen LogP contribution < -0.4 is 10.2 Å². The van der Waals surface area contributed by atoms with Crippen LogP contribution in [0.3, 0.4) is 0 Å². The first-order valence-corrected chi connectivity index (χ1v) is 7.15. The summed E-state index contributed by atoms with van der Waals surface area (Å²) >= 11 is 0. The number of nitrogens with one attached hydrogen (secondary N) is 1. The van der Waals surface area contributed by atoms with Crippen LogP contribution in [0.25, 0.3) is 6.08 Å². The Morgan fingerprint density at radius 2 is 1.77 bits per heavy atom. The van der Waals surface area contributed by atoms with E-state index in [1.165, 1.54) is 6.08 Å². The molecule has 1 aliphatic carbocycles. The van der Waals surface area contributed by atoms with E-state index in [9.17, 15) is 14.4 Å². The number of imide groups is 2. The number of barbiturate groups is 1. The summed E-state index contributed by atoms with van der Waals surface area (Å²) in [5, 5.41) is 2.23. The molecule has 2 fully saturated rings. The van der Waals surface area contributed by atoms with Crippen molar-refractivity contribution in [3.63, 3.8) is 0 Å². The van der Waals surface area contributed by atoms with Gasteiger partial charge in [-0.25, -0.2) is 4.79 Å². The first-order chi connectivity index (χ1) is 10.5. The molecule has 1 aliphatic heterocycles. The fourth-order valence-corrected chi connectivity index (χ4v) is 2.37. The summed E-state index contributed by atoms with van der Waals surface area (Å²) in [4.78, 5) is 39.2. The SMILES string of the molecule is CN(C)c1ccc(/C=C2/C(=O)NC(=O)N(C3CC3)C2=O)cc1. The van der Waals surface area contributed by atoms with Crippen molar-refractivity contribution in [1.82, 2.24) is 10.2 Å². The molecule has 0 atom stereocenters. The molecule has 0 bridgehead atoms. The lowest BCUT2D eigenvalue weighted by Gasteiger charge is -2.26. The molecular formula is C16H17N3O3. The summed E-state index contributed by atoms with van der Waals surface area (Å²) in [5.74, 6) is -1.14. The lowest BCUT2D eigenvalue weighted by atomic mass is 10.1. The Morgan fingerprint density at radius 3 is 2.32 bits per heavy atom. The number of amides is 4. The Balaban J connectivity index is 1.89. The lowest BCUT2D eigenvalue weighted by Crippen LogP contribution is -2.54. The molecule has 114 valence electrons.